The van der Waals surface area contributed by atoms with E-state index in [-0.39, 0.29) is 11.9 Å². The summed E-state index contributed by atoms with van der Waals surface area (Å²) in [5, 5.41) is 6.91. The van der Waals surface area contributed by atoms with Gasteiger partial charge in [0.15, 0.2) is 0 Å². The summed E-state index contributed by atoms with van der Waals surface area (Å²) in [5.74, 6) is 0.0527. The first-order valence-corrected chi connectivity index (χ1v) is 7.30. The highest BCUT2D eigenvalue weighted by Gasteiger charge is 2.11. The van der Waals surface area contributed by atoms with E-state index in [0.717, 1.165) is 30.8 Å². The zero-order valence-electron chi connectivity index (χ0n) is 11.7. The molecule has 0 radical (unpaired) electrons. The molecular weight excluding hydrogens is 260 g/mol. The second-order valence-electron chi connectivity index (χ2n) is 4.62. The Kier molecular flexibility index (Phi) is 7.53. The fourth-order valence-electron chi connectivity index (χ4n) is 1.91. The number of benzene rings is 1. The third-order valence-electron chi connectivity index (χ3n) is 2.93. The van der Waals surface area contributed by atoms with E-state index >= 15 is 0 Å². The Morgan fingerprint density at radius 1 is 1.21 bits per heavy atom. The molecule has 0 aliphatic rings. The molecule has 3 nitrogen and oxygen atoms in total. The van der Waals surface area contributed by atoms with Gasteiger partial charge in [0.25, 0.3) is 0 Å². The van der Waals surface area contributed by atoms with Gasteiger partial charge in [-0.25, -0.2) is 0 Å². The van der Waals surface area contributed by atoms with Crippen LogP contribution in [0.25, 0.3) is 0 Å². The van der Waals surface area contributed by atoms with Crippen molar-refractivity contribution in [3.8, 4) is 0 Å². The third kappa shape index (κ3) is 6.08. The molecule has 1 aromatic carbocycles. The Hall–Kier alpha value is -1.06. The van der Waals surface area contributed by atoms with E-state index in [0.29, 0.717) is 6.54 Å². The quantitative estimate of drug-likeness (QED) is 0.768. The van der Waals surface area contributed by atoms with Crippen molar-refractivity contribution in [1.82, 2.24) is 10.6 Å². The first-order valence-electron chi connectivity index (χ1n) is 6.92. The maximum absolute atomic E-state index is 11.6. The van der Waals surface area contributed by atoms with Crippen LogP contribution in [0.4, 0.5) is 0 Å². The van der Waals surface area contributed by atoms with Gasteiger partial charge in [-0.2, -0.15) is 0 Å². The van der Waals surface area contributed by atoms with Crippen molar-refractivity contribution in [1.29, 1.82) is 0 Å². The molecule has 0 aliphatic heterocycles. The van der Waals surface area contributed by atoms with Crippen LogP contribution in [0.3, 0.4) is 0 Å². The molecule has 0 heterocycles. The van der Waals surface area contributed by atoms with Gasteiger partial charge >= 0.3 is 0 Å². The molecule has 0 saturated heterocycles. The molecule has 4 heteroatoms. The number of carbonyl (C=O) groups excluding carboxylic acids is 1. The van der Waals surface area contributed by atoms with Gasteiger partial charge in [0.2, 0.25) is 5.91 Å². The van der Waals surface area contributed by atoms with Crippen molar-refractivity contribution in [2.45, 2.75) is 39.2 Å². The highest BCUT2D eigenvalue weighted by Crippen LogP contribution is 2.20. The topological polar surface area (TPSA) is 41.1 Å². The largest absolute Gasteiger partial charge is 0.355 e. The average molecular weight is 283 g/mol. The highest BCUT2D eigenvalue weighted by atomic mass is 35.5. The summed E-state index contributed by atoms with van der Waals surface area (Å²) >= 11 is 5.89. The zero-order chi connectivity index (χ0) is 14.1. The van der Waals surface area contributed by atoms with Crippen LogP contribution in [0.15, 0.2) is 24.3 Å². The van der Waals surface area contributed by atoms with Crippen LogP contribution in [-0.4, -0.2) is 19.0 Å². The Labute approximate surface area is 120 Å². The summed E-state index contributed by atoms with van der Waals surface area (Å²) in [4.78, 5) is 11.6. The molecule has 106 valence electrons. The molecule has 2 N–H and O–H groups in total. The summed E-state index contributed by atoms with van der Waals surface area (Å²) in [6.07, 6.45) is 3.03. The van der Waals surface area contributed by atoms with Crippen molar-refractivity contribution in [2.75, 3.05) is 13.1 Å². The fourth-order valence-corrected chi connectivity index (χ4v) is 2.04. The number of carbonyl (C=O) groups is 1. The SMILES string of the molecule is CCCNC(=O)CNC(CCC)c1ccc(Cl)cc1. The maximum atomic E-state index is 11.6. The molecular formula is C15H23ClN2O. The van der Waals surface area contributed by atoms with Gasteiger partial charge in [-0.1, -0.05) is 44.0 Å². The summed E-state index contributed by atoms with van der Waals surface area (Å²) in [7, 11) is 0. The molecule has 1 aromatic rings. The summed E-state index contributed by atoms with van der Waals surface area (Å²) in [6, 6.07) is 8.00. The predicted molar refractivity (Wildman–Crippen MR) is 80.4 cm³/mol. The second-order valence-corrected chi connectivity index (χ2v) is 5.06. The normalized spacial score (nSPS) is 12.2. The molecule has 0 aromatic heterocycles. The molecule has 0 fully saturated rings. The van der Waals surface area contributed by atoms with Gasteiger partial charge in [-0.05, 0) is 30.5 Å². The van der Waals surface area contributed by atoms with Crippen LogP contribution < -0.4 is 10.6 Å². The second kappa shape index (κ2) is 8.94. The monoisotopic (exact) mass is 282 g/mol. The number of rotatable bonds is 8. The van der Waals surface area contributed by atoms with Gasteiger partial charge < -0.3 is 10.6 Å². The van der Waals surface area contributed by atoms with Gasteiger partial charge in [-0.3, -0.25) is 4.79 Å². The zero-order valence-corrected chi connectivity index (χ0v) is 12.5. The average Bonchev–Trinajstić information content (AvgIpc) is 2.42. The van der Waals surface area contributed by atoms with E-state index in [1.807, 2.05) is 31.2 Å². The molecule has 1 rings (SSSR count). The number of hydrogen-bond donors (Lipinski definition) is 2. The number of amides is 1. The van der Waals surface area contributed by atoms with E-state index < -0.39 is 0 Å². The third-order valence-corrected chi connectivity index (χ3v) is 3.18. The van der Waals surface area contributed by atoms with Crippen molar-refractivity contribution in [3.05, 3.63) is 34.9 Å². The Balaban J connectivity index is 2.53. The molecule has 0 bridgehead atoms. The molecule has 19 heavy (non-hydrogen) atoms. The lowest BCUT2D eigenvalue weighted by Crippen LogP contribution is -2.36. The summed E-state index contributed by atoms with van der Waals surface area (Å²) in [6.45, 7) is 5.27. The Morgan fingerprint density at radius 2 is 1.89 bits per heavy atom. The number of halogens is 1. The molecule has 1 atom stereocenters. The smallest absolute Gasteiger partial charge is 0.233 e. The Morgan fingerprint density at radius 3 is 2.47 bits per heavy atom. The lowest BCUT2D eigenvalue weighted by atomic mass is 10.0. The van der Waals surface area contributed by atoms with Crippen molar-refractivity contribution in [2.24, 2.45) is 0 Å². The van der Waals surface area contributed by atoms with Crippen LogP contribution in [0.5, 0.6) is 0 Å². The highest BCUT2D eigenvalue weighted by molar-refractivity contribution is 6.30. The minimum Gasteiger partial charge on any atom is -0.355 e. The van der Waals surface area contributed by atoms with Crippen molar-refractivity contribution >= 4 is 17.5 Å². The number of nitrogens with one attached hydrogen (secondary N) is 2. The van der Waals surface area contributed by atoms with Gasteiger partial charge in [0, 0.05) is 17.6 Å². The van der Waals surface area contributed by atoms with E-state index in [9.17, 15) is 4.79 Å². The molecule has 0 spiro atoms. The fraction of sp³-hybridized carbons (Fsp3) is 0.533. The standard InChI is InChI=1S/C15H23ClN2O/c1-3-5-14(12-6-8-13(16)9-7-12)18-11-15(19)17-10-4-2/h6-9,14,18H,3-5,10-11H2,1-2H3,(H,17,19). The van der Waals surface area contributed by atoms with E-state index in [4.69, 9.17) is 11.6 Å². The maximum Gasteiger partial charge on any atom is 0.233 e. The van der Waals surface area contributed by atoms with Gasteiger partial charge in [-0.15, -0.1) is 0 Å². The molecule has 1 unspecified atom stereocenters. The molecule has 1 amide bonds. The summed E-state index contributed by atoms with van der Waals surface area (Å²) < 4.78 is 0. The van der Waals surface area contributed by atoms with Crippen LogP contribution in [-0.2, 0) is 4.79 Å². The van der Waals surface area contributed by atoms with Crippen LogP contribution in [0, 0.1) is 0 Å². The van der Waals surface area contributed by atoms with Crippen LogP contribution in [0.2, 0.25) is 5.02 Å². The van der Waals surface area contributed by atoms with Gasteiger partial charge in [0.1, 0.15) is 0 Å². The van der Waals surface area contributed by atoms with E-state index in [2.05, 4.69) is 17.6 Å². The first-order chi connectivity index (χ1) is 9.17. The van der Waals surface area contributed by atoms with Crippen LogP contribution >= 0.6 is 11.6 Å². The minimum absolute atomic E-state index is 0.0527. The van der Waals surface area contributed by atoms with Crippen molar-refractivity contribution in [3.63, 3.8) is 0 Å². The Bertz CT molecular complexity index is 378. The van der Waals surface area contributed by atoms with Crippen molar-refractivity contribution < 1.29 is 4.79 Å². The predicted octanol–water partition coefficient (Wildman–Crippen LogP) is 3.30. The summed E-state index contributed by atoms with van der Waals surface area (Å²) in [5.41, 5.74) is 1.18. The lowest BCUT2D eigenvalue weighted by Gasteiger charge is -2.18. The molecule has 0 saturated carbocycles. The van der Waals surface area contributed by atoms with E-state index in [1.54, 1.807) is 0 Å². The minimum atomic E-state index is 0.0527. The molecule has 0 aliphatic carbocycles. The van der Waals surface area contributed by atoms with E-state index in [1.165, 1.54) is 5.56 Å². The first kappa shape index (κ1) is 16.0. The van der Waals surface area contributed by atoms with Crippen LogP contribution in [0.1, 0.15) is 44.7 Å². The van der Waals surface area contributed by atoms with Gasteiger partial charge in [0.05, 0.1) is 6.54 Å². The lowest BCUT2D eigenvalue weighted by molar-refractivity contribution is -0.120. The number of hydrogen-bond acceptors (Lipinski definition) is 2.